The number of ether oxygens (including phenoxy) is 2. The van der Waals surface area contributed by atoms with Gasteiger partial charge in [-0.25, -0.2) is 14.5 Å². The van der Waals surface area contributed by atoms with Gasteiger partial charge in [-0.05, 0) is 83.7 Å². The SMILES string of the molecule is CCOc1cc(C=C2C(=O)NC(=O)N(c3cc(C)cc(C)c3)C2=O)cc(Br)c1OCC(=O)O. The molecule has 1 fully saturated rings. The third kappa shape index (κ3) is 5.40. The van der Waals surface area contributed by atoms with Crippen molar-refractivity contribution in [1.82, 2.24) is 5.32 Å². The van der Waals surface area contributed by atoms with E-state index in [0.717, 1.165) is 16.0 Å². The molecule has 1 heterocycles. The number of nitrogens with zero attached hydrogens (tertiary/aromatic N) is 1. The fourth-order valence-electron chi connectivity index (χ4n) is 3.35. The van der Waals surface area contributed by atoms with Crippen LogP contribution in [-0.4, -0.2) is 42.1 Å². The predicted octanol–water partition coefficient (Wildman–Crippen LogP) is 3.59. The first-order chi connectivity index (χ1) is 15.6. The monoisotopic (exact) mass is 516 g/mol. The number of carbonyl (C=O) groups excluding carboxylic acids is 3. The Morgan fingerprint density at radius 1 is 1.09 bits per heavy atom. The maximum atomic E-state index is 13.2. The summed E-state index contributed by atoms with van der Waals surface area (Å²) in [5, 5.41) is 11.1. The number of hydrogen-bond acceptors (Lipinski definition) is 6. The molecule has 33 heavy (non-hydrogen) atoms. The highest BCUT2D eigenvalue weighted by atomic mass is 79.9. The molecule has 0 aliphatic carbocycles. The van der Waals surface area contributed by atoms with Crippen LogP contribution in [0.15, 0.2) is 40.4 Å². The van der Waals surface area contributed by atoms with E-state index >= 15 is 0 Å². The van der Waals surface area contributed by atoms with E-state index in [1.807, 2.05) is 19.9 Å². The number of nitrogens with one attached hydrogen (secondary N) is 1. The first kappa shape index (κ1) is 24.0. The van der Waals surface area contributed by atoms with E-state index in [-0.39, 0.29) is 23.7 Å². The molecular formula is C23H21BrN2O7. The van der Waals surface area contributed by atoms with E-state index in [9.17, 15) is 19.2 Å². The van der Waals surface area contributed by atoms with Crippen LogP contribution in [0.2, 0.25) is 0 Å². The largest absolute Gasteiger partial charge is 0.490 e. The number of amides is 4. The Morgan fingerprint density at radius 2 is 1.76 bits per heavy atom. The number of rotatable bonds is 7. The second-order valence-corrected chi connectivity index (χ2v) is 8.10. The Bertz CT molecular complexity index is 1170. The zero-order valence-corrected chi connectivity index (χ0v) is 19.7. The van der Waals surface area contributed by atoms with E-state index < -0.39 is 30.4 Å². The molecule has 2 N–H and O–H groups in total. The number of carbonyl (C=O) groups is 4. The summed E-state index contributed by atoms with van der Waals surface area (Å²) in [6.45, 7) is 5.11. The van der Waals surface area contributed by atoms with Gasteiger partial charge >= 0.3 is 12.0 Å². The van der Waals surface area contributed by atoms with E-state index in [1.165, 1.54) is 12.1 Å². The highest BCUT2D eigenvalue weighted by molar-refractivity contribution is 9.10. The third-order valence-corrected chi connectivity index (χ3v) is 5.14. The van der Waals surface area contributed by atoms with Gasteiger partial charge in [0.15, 0.2) is 18.1 Å². The smallest absolute Gasteiger partial charge is 0.341 e. The van der Waals surface area contributed by atoms with Crippen molar-refractivity contribution in [1.29, 1.82) is 0 Å². The summed E-state index contributed by atoms with van der Waals surface area (Å²) < 4.78 is 11.2. The minimum absolute atomic E-state index is 0.174. The molecule has 2 aromatic rings. The molecule has 1 aliphatic rings. The van der Waals surface area contributed by atoms with Crippen LogP contribution in [0.1, 0.15) is 23.6 Å². The van der Waals surface area contributed by atoms with Crippen molar-refractivity contribution in [3.8, 4) is 11.5 Å². The summed E-state index contributed by atoms with van der Waals surface area (Å²) in [5.74, 6) is -2.35. The van der Waals surface area contributed by atoms with Gasteiger partial charge in [0.1, 0.15) is 5.57 Å². The molecule has 0 unspecified atom stereocenters. The molecule has 172 valence electrons. The molecule has 0 atom stereocenters. The van der Waals surface area contributed by atoms with Gasteiger partial charge in [0, 0.05) is 0 Å². The molecule has 4 amide bonds. The molecule has 0 spiro atoms. The number of hydrogen-bond donors (Lipinski definition) is 2. The van der Waals surface area contributed by atoms with Crippen molar-refractivity contribution in [3.05, 3.63) is 57.1 Å². The summed E-state index contributed by atoms with van der Waals surface area (Å²) >= 11 is 3.31. The van der Waals surface area contributed by atoms with E-state index in [0.29, 0.717) is 15.7 Å². The molecule has 1 saturated heterocycles. The standard InChI is InChI=1S/C23H21BrN2O7/c1-4-32-18-10-14(9-17(24)20(18)33-11-19(27)28)8-16-21(29)25-23(31)26(22(16)30)15-6-12(2)5-13(3)7-15/h5-10H,4,11H2,1-3H3,(H,27,28)(H,25,29,31). The fourth-order valence-corrected chi connectivity index (χ4v) is 3.92. The zero-order valence-electron chi connectivity index (χ0n) is 18.1. The van der Waals surface area contributed by atoms with Gasteiger partial charge in [0.2, 0.25) is 0 Å². The van der Waals surface area contributed by atoms with Gasteiger partial charge in [-0.15, -0.1) is 0 Å². The number of barbiturate groups is 1. The molecule has 0 radical (unpaired) electrons. The molecule has 9 nitrogen and oxygen atoms in total. The highest BCUT2D eigenvalue weighted by Gasteiger charge is 2.37. The quantitative estimate of drug-likeness (QED) is 0.425. The van der Waals surface area contributed by atoms with Crippen molar-refractivity contribution in [2.45, 2.75) is 20.8 Å². The molecule has 0 bridgehead atoms. The minimum atomic E-state index is -1.16. The lowest BCUT2D eigenvalue weighted by molar-refractivity contribution is -0.139. The minimum Gasteiger partial charge on any atom is -0.490 e. The third-order valence-electron chi connectivity index (χ3n) is 4.55. The van der Waals surface area contributed by atoms with Crippen molar-refractivity contribution in [2.24, 2.45) is 0 Å². The van der Waals surface area contributed by atoms with Gasteiger partial charge < -0.3 is 14.6 Å². The number of carboxylic acids is 1. The lowest BCUT2D eigenvalue weighted by Gasteiger charge is -2.27. The molecule has 0 aromatic heterocycles. The lowest BCUT2D eigenvalue weighted by Crippen LogP contribution is -2.54. The normalized spacial score (nSPS) is 15.0. The van der Waals surface area contributed by atoms with Crippen LogP contribution >= 0.6 is 15.9 Å². The summed E-state index contributed by atoms with van der Waals surface area (Å²) in [6.07, 6.45) is 1.33. The van der Waals surface area contributed by atoms with Crippen LogP contribution in [0.5, 0.6) is 11.5 Å². The van der Waals surface area contributed by atoms with E-state index in [1.54, 1.807) is 25.1 Å². The van der Waals surface area contributed by atoms with Crippen LogP contribution in [0.25, 0.3) is 6.08 Å². The topological polar surface area (TPSA) is 122 Å². The summed E-state index contributed by atoms with van der Waals surface area (Å²) in [7, 11) is 0. The first-order valence-corrected chi connectivity index (χ1v) is 10.7. The van der Waals surface area contributed by atoms with Crippen LogP contribution in [0, 0.1) is 13.8 Å². The molecule has 2 aromatic carbocycles. The zero-order chi connectivity index (χ0) is 24.3. The summed E-state index contributed by atoms with van der Waals surface area (Å²) in [6, 6.07) is 7.48. The van der Waals surface area contributed by atoms with Crippen molar-refractivity contribution < 1.29 is 33.8 Å². The fraction of sp³-hybridized carbons (Fsp3) is 0.217. The summed E-state index contributed by atoms with van der Waals surface area (Å²) in [4.78, 5) is 49.9. The first-order valence-electron chi connectivity index (χ1n) is 9.91. The van der Waals surface area contributed by atoms with Gasteiger partial charge in [-0.1, -0.05) is 6.07 Å². The number of urea groups is 1. The molecule has 3 rings (SSSR count). The second-order valence-electron chi connectivity index (χ2n) is 7.25. The van der Waals surface area contributed by atoms with Crippen LogP contribution < -0.4 is 19.7 Å². The maximum absolute atomic E-state index is 13.2. The number of carboxylic acid groups (broad SMARTS) is 1. The number of imide groups is 2. The van der Waals surface area contributed by atoms with Crippen LogP contribution in [0.3, 0.4) is 0 Å². The van der Waals surface area contributed by atoms with Crippen molar-refractivity contribution in [2.75, 3.05) is 18.1 Å². The molecule has 10 heteroatoms. The number of halogens is 1. The van der Waals surface area contributed by atoms with Crippen molar-refractivity contribution >= 4 is 51.5 Å². The van der Waals surface area contributed by atoms with Crippen molar-refractivity contribution in [3.63, 3.8) is 0 Å². The number of anilines is 1. The Kier molecular flexibility index (Phi) is 7.17. The number of aliphatic carboxylic acids is 1. The molecule has 1 aliphatic heterocycles. The number of aryl methyl sites for hydroxylation is 2. The van der Waals surface area contributed by atoms with Crippen LogP contribution in [0.4, 0.5) is 10.5 Å². The Labute approximate surface area is 198 Å². The Balaban J connectivity index is 2.03. The van der Waals surface area contributed by atoms with E-state index in [4.69, 9.17) is 14.6 Å². The van der Waals surface area contributed by atoms with E-state index in [2.05, 4.69) is 21.2 Å². The lowest BCUT2D eigenvalue weighted by atomic mass is 10.0. The molecule has 0 saturated carbocycles. The maximum Gasteiger partial charge on any atom is 0.341 e. The van der Waals surface area contributed by atoms with Gasteiger partial charge in [0.05, 0.1) is 16.8 Å². The highest BCUT2D eigenvalue weighted by Crippen LogP contribution is 2.38. The Morgan fingerprint density at radius 3 is 2.36 bits per heavy atom. The number of benzene rings is 2. The van der Waals surface area contributed by atoms with Gasteiger partial charge in [-0.3, -0.25) is 14.9 Å². The average Bonchev–Trinajstić information content (AvgIpc) is 2.69. The average molecular weight is 517 g/mol. The van der Waals surface area contributed by atoms with Crippen LogP contribution in [-0.2, 0) is 14.4 Å². The van der Waals surface area contributed by atoms with Gasteiger partial charge in [0.25, 0.3) is 11.8 Å². The summed E-state index contributed by atoms with van der Waals surface area (Å²) in [5.41, 5.74) is 2.22. The van der Waals surface area contributed by atoms with Gasteiger partial charge in [-0.2, -0.15) is 0 Å². The molecular weight excluding hydrogens is 496 g/mol. The predicted molar refractivity (Wildman–Crippen MR) is 123 cm³/mol. The Hall–Kier alpha value is -3.66. The second kappa shape index (κ2) is 9.86.